The molecule has 0 aliphatic heterocycles. The third-order valence-electron chi connectivity index (χ3n) is 2.63. The summed E-state index contributed by atoms with van der Waals surface area (Å²) in [5.74, 6) is 0.330. The monoisotopic (exact) mass is 241 g/mol. The highest BCUT2D eigenvalue weighted by Gasteiger charge is 2.09. The van der Waals surface area contributed by atoms with Gasteiger partial charge in [0.1, 0.15) is 4.83 Å². The molecule has 0 spiro atoms. The number of rotatable bonds is 1. The van der Waals surface area contributed by atoms with Crippen molar-refractivity contribution in [3.63, 3.8) is 0 Å². The number of anilines is 1. The van der Waals surface area contributed by atoms with Crippen LogP contribution in [0.1, 0.15) is 5.56 Å². The van der Waals surface area contributed by atoms with E-state index in [0.717, 1.165) is 21.5 Å². The van der Waals surface area contributed by atoms with Crippen molar-refractivity contribution in [2.75, 3.05) is 5.73 Å². The molecule has 0 fully saturated rings. The van der Waals surface area contributed by atoms with E-state index in [-0.39, 0.29) is 0 Å². The Morgan fingerprint density at radius 3 is 2.88 bits per heavy atom. The Labute approximate surface area is 103 Å². The summed E-state index contributed by atoms with van der Waals surface area (Å²) in [6, 6.07) is 10.3. The molecule has 0 atom stereocenters. The summed E-state index contributed by atoms with van der Waals surface area (Å²) in [5.41, 5.74) is 8.95. The maximum atomic E-state index is 5.74. The first kappa shape index (κ1) is 10.2. The van der Waals surface area contributed by atoms with Gasteiger partial charge in [0, 0.05) is 10.9 Å². The van der Waals surface area contributed by atoms with Crippen molar-refractivity contribution in [1.29, 1.82) is 0 Å². The maximum Gasteiger partial charge on any atom is 0.221 e. The Bertz CT molecular complexity index is 688. The standard InChI is InChI=1S/C13H11N3S/c1-8-3-2-4-9(7-8)11-10-5-6-17-12(10)16-13(14)15-11/h2-7H,1H3,(H2,14,15,16). The van der Waals surface area contributed by atoms with Crippen LogP contribution in [0, 0.1) is 6.92 Å². The molecular formula is C13H11N3S. The molecule has 0 aliphatic carbocycles. The Morgan fingerprint density at radius 1 is 1.18 bits per heavy atom. The molecular weight excluding hydrogens is 230 g/mol. The van der Waals surface area contributed by atoms with E-state index >= 15 is 0 Å². The summed E-state index contributed by atoms with van der Waals surface area (Å²) in [5, 5.41) is 3.08. The molecule has 0 saturated carbocycles. The average molecular weight is 241 g/mol. The van der Waals surface area contributed by atoms with Crippen LogP contribution in [-0.4, -0.2) is 9.97 Å². The molecule has 84 valence electrons. The van der Waals surface area contributed by atoms with Gasteiger partial charge in [-0.15, -0.1) is 11.3 Å². The molecule has 0 unspecified atom stereocenters. The molecule has 0 aliphatic rings. The van der Waals surface area contributed by atoms with Crippen LogP contribution in [-0.2, 0) is 0 Å². The lowest BCUT2D eigenvalue weighted by atomic mass is 10.1. The van der Waals surface area contributed by atoms with Gasteiger partial charge in [0.15, 0.2) is 0 Å². The van der Waals surface area contributed by atoms with Gasteiger partial charge in [-0.1, -0.05) is 23.8 Å². The van der Waals surface area contributed by atoms with Gasteiger partial charge in [0.05, 0.1) is 5.69 Å². The lowest BCUT2D eigenvalue weighted by Gasteiger charge is -2.04. The molecule has 0 radical (unpaired) electrons. The highest BCUT2D eigenvalue weighted by molar-refractivity contribution is 7.16. The number of thiophene rings is 1. The van der Waals surface area contributed by atoms with E-state index in [4.69, 9.17) is 5.73 Å². The van der Waals surface area contributed by atoms with E-state index in [9.17, 15) is 0 Å². The van der Waals surface area contributed by atoms with Crippen LogP contribution in [0.25, 0.3) is 21.5 Å². The quantitative estimate of drug-likeness (QED) is 0.711. The molecule has 0 amide bonds. The summed E-state index contributed by atoms with van der Waals surface area (Å²) in [7, 11) is 0. The first-order valence-electron chi connectivity index (χ1n) is 5.32. The van der Waals surface area contributed by atoms with Crippen LogP contribution < -0.4 is 5.73 Å². The number of hydrogen-bond acceptors (Lipinski definition) is 4. The van der Waals surface area contributed by atoms with Crippen LogP contribution in [0.5, 0.6) is 0 Å². The van der Waals surface area contributed by atoms with E-state index in [2.05, 4.69) is 29.0 Å². The van der Waals surface area contributed by atoms with Crippen molar-refractivity contribution in [3.05, 3.63) is 41.3 Å². The molecule has 17 heavy (non-hydrogen) atoms. The van der Waals surface area contributed by atoms with E-state index in [1.165, 1.54) is 5.56 Å². The SMILES string of the molecule is Cc1cccc(-c2nc(N)nc3sccc23)c1. The minimum atomic E-state index is 0.330. The largest absolute Gasteiger partial charge is 0.368 e. The van der Waals surface area contributed by atoms with Gasteiger partial charge in [0.25, 0.3) is 0 Å². The van der Waals surface area contributed by atoms with E-state index in [1.807, 2.05) is 23.6 Å². The summed E-state index contributed by atoms with van der Waals surface area (Å²) in [6.07, 6.45) is 0. The first-order valence-corrected chi connectivity index (χ1v) is 6.20. The first-order chi connectivity index (χ1) is 8.24. The second kappa shape index (κ2) is 3.82. The molecule has 3 aromatic rings. The summed E-state index contributed by atoms with van der Waals surface area (Å²) in [6.45, 7) is 2.07. The number of nitrogen functional groups attached to an aromatic ring is 1. The van der Waals surface area contributed by atoms with Crippen molar-refractivity contribution in [2.24, 2.45) is 0 Å². The zero-order valence-electron chi connectivity index (χ0n) is 9.34. The normalized spacial score (nSPS) is 10.9. The van der Waals surface area contributed by atoms with Crippen molar-refractivity contribution < 1.29 is 0 Å². The lowest BCUT2D eigenvalue weighted by molar-refractivity contribution is 1.25. The third kappa shape index (κ3) is 1.76. The molecule has 0 saturated heterocycles. The number of aryl methyl sites for hydroxylation is 1. The predicted molar refractivity (Wildman–Crippen MR) is 72.0 cm³/mol. The van der Waals surface area contributed by atoms with Crippen LogP contribution in [0.3, 0.4) is 0 Å². The van der Waals surface area contributed by atoms with Gasteiger partial charge in [-0.2, -0.15) is 0 Å². The fraction of sp³-hybridized carbons (Fsp3) is 0.0769. The Balaban J connectivity index is 2.32. The molecule has 4 heteroatoms. The highest BCUT2D eigenvalue weighted by Crippen LogP contribution is 2.29. The number of fused-ring (bicyclic) bond motifs is 1. The summed E-state index contributed by atoms with van der Waals surface area (Å²) >= 11 is 1.58. The van der Waals surface area contributed by atoms with Crippen molar-refractivity contribution in [1.82, 2.24) is 9.97 Å². The second-order valence-corrected chi connectivity index (χ2v) is 4.83. The predicted octanol–water partition coefficient (Wildman–Crippen LogP) is 3.25. The zero-order valence-corrected chi connectivity index (χ0v) is 10.2. The summed E-state index contributed by atoms with van der Waals surface area (Å²) in [4.78, 5) is 9.53. The summed E-state index contributed by atoms with van der Waals surface area (Å²) < 4.78 is 0. The third-order valence-corrected chi connectivity index (χ3v) is 3.44. The van der Waals surface area contributed by atoms with Crippen molar-refractivity contribution in [2.45, 2.75) is 6.92 Å². The van der Waals surface area contributed by atoms with Gasteiger partial charge in [-0.3, -0.25) is 0 Å². The fourth-order valence-corrected chi connectivity index (χ4v) is 2.66. The second-order valence-electron chi connectivity index (χ2n) is 3.94. The number of hydrogen-bond donors (Lipinski definition) is 1. The number of nitrogens with two attached hydrogens (primary N) is 1. The molecule has 2 N–H and O–H groups in total. The van der Waals surface area contributed by atoms with Crippen molar-refractivity contribution >= 4 is 27.5 Å². The van der Waals surface area contributed by atoms with E-state index in [1.54, 1.807) is 11.3 Å². The molecule has 3 rings (SSSR count). The smallest absolute Gasteiger partial charge is 0.221 e. The molecule has 2 heterocycles. The molecule has 0 bridgehead atoms. The highest BCUT2D eigenvalue weighted by atomic mass is 32.1. The molecule has 3 nitrogen and oxygen atoms in total. The topological polar surface area (TPSA) is 51.8 Å². The van der Waals surface area contributed by atoms with Gasteiger partial charge < -0.3 is 5.73 Å². The van der Waals surface area contributed by atoms with Gasteiger partial charge in [-0.05, 0) is 24.4 Å². The molecule has 1 aromatic carbocycles. The minimum absolute atomic E-state index is 0.330. The molecule has 2 aromatic heterocycles. The minimum Gasteiger partial charge on any atom is -0.368 e. The van der Waals surface area contributed by atoms with Crippen LogP contribution in [0.2, 0.25) is 0 Å². The maximum absolute atomic E-state index is 5.74. The van der Waals surface area contributed by atoms with Crippen molar-refractivity contribution in [3.8, 4) is 11.3 Å². The van der Waals surface area contributed by atoms with Gasteiger partial charge in [0.2, 0.25) is 5.95 Å². The lowest BCUT2D eigenvalue weighted by Crippen LogP contribution is -1.96. The van der Waals surface area contributed by atoms with E-state index in [0.29, 0.717) is 5.95 Å². The Kier molecular flexibility index (Phi) is 2.30. The number of aromatic nitrogens is 2. The Hall–Kier alpha value is -1.94. The van der Waals surface area contributed by atoms with Crippen LogP contribution in [0.4, 0.5) is 5.95 Å². The zero-order chi connectivity index (χ0) is 11.8. The van der Waals surface area contributed by atoms with Crippen LogP contribution in [0.15, 0.2) is 35.7 Å². The Morgan fingerprint density at radius 2 is 2.06 bits per heavy atom. The van der Waals surface area contributed by atoms with E-state index < -0.39 is 0 Å². The van der Waals surface area contributed by atoms with Gasteiger partial charge >= 0.3 is 0 Å². The fourth-order valence-electron chi connectivity index (χ4n) is 1.88. The average Bonchev–Trinajstić information content (AvgIpc) is 2.75. The number of benzene rings is 1. The van der Waals surface area contributed by atoms with Crippen LogP contribution >= 0.6 is 11.3 Å². The number of nitrogens with zero attached hydrogens (tertiary/aromatic N) is 2. The van der Waals surface area contributed by atoms with Gasteiger partial charge in [-0.25, -0.2) is 9.97 Å².